The van der Waals surface area contributed by atoms with Gasteiger partial charge in [-0.25, -0.2) is 0 Å². The van der Waals surface area contributed by atoms with Crippen LogP contribution in [0.15, 0.2) is 0 Å². The van der Waals surface area contributed by atoms with Crippen molar-refractivity contribution >= 4 is 36.9 Å². The van der Waals surface area contributed by atoms with E-state index in [9.17, 15) is 0 Å². The number of rotatable bonds is 0. The minimum atomic E-state index is 0. The van der Waals surface area contributed by atoms with Crippen LogP contribution in [0.4, 0.5) is 0 Å². The van der Waals surface area contributed by atoms with Gasteiger partial charge in [0.1, 0.15) is 0 Å². The van der Waals surface area contributed by atoms with Crippen LogP contribution in [0.3, 0.4) is 0 Å². The van der Waals surface area contributed by atoms with Crippen LogP contribution in [0, 0.1) is 0 Å². The Balaban J connectivity index is 0. The van der Waals surface area contributed by atoms with Crippen LogP contribution in [0.25, 0.3) is 0 Å². The first-order valence-electron chi connectivity index (χ1n) is 0. The molecule has 0 aromatic carbocycles. The summed E-state index contributed by atoms with van der Waals surface area (Å²) in [5.41, 5.74) is 0. The molecular formula is H10MoNPS2. The maximum absolute atomic E-state index is 0. The molecule has 0 saturated carbocycles. The SMILES string of the molecule is N.P.S.S.[Mo]. The molecule has 5 heavy (non-hydrogen) atoms. The quantitative estimate of drug-likeness (QED) is 0.462. The van der Waals surface area contributed by atoms with Crippen LogP contribution in [-0.4, -0.2) is 0 Å². The van der Waals surface area contributed by atoms with E-state index >= 15 is 0 Å². The van der Waals surface area contributed by atoms with Gasteiger partial charge >= 0.3 is 0 Å². The maximum Gasteiger partial charge on any atom is 0 e. The van der Waals surface area contributed by atoms with E-state index in [2.05, 4.69) is 0 Å². The summed E-state index contributed by atoms with van der Waals surface area (Å²) in [6, 6.07) is 0. The molecule has 0 radical (unpaired) electrons. The predicted octanol–water partition coefficient (Wildman–Crippen LogP) is 0.443. The second-order valence-electron chi connectivity index (χ2n) is 0. The second-order valence-corrected chi connectivity index (χ2v) is 0. The standard InChI is InChI=1S/Mo.H3N.H3P.2H2S/h;2*1H3;2*1H2. The zero-order valence-electron chi connectivity index (χ0n) is 2.82. The van der Waals surface area contributed by atoms with Gasteiger partial charge in [0.2, 0.25) is 0 Å². The summed E-state index contributed by atoms with van der Waals surface area (Å²) in [4.78, 5) is 0. The van der Waals surface area contributed by atoms with Crippen molar-refractivity contribution in [1.82, 2.24) is 6.15 Å². The summed E-state index contributed by atoms with van der Waals surface area (Å²) in [5, 5.41) is 0. The van der Waals surface area contributed by atoms with Crippen molar-refractivity contribution in [2.75, 3.05) is 0 Å². The largest absolute Gasteiger partial charge is 0.344 e. The van der Waals surface area contributed by atoms with Crippen molar-refractivity contribution < 1.29 is 21.1 Å². The normalized spacial score (nSPS) is 0. The van der Waals surface area contributed by atoms with Crippen molar-refractivity contribution in [2.24, 2.45) is 0 Å². The number of hydrogen-bond donors (Lipinski definition) is 1. The minimum Gasteiger partial charge on any atom is -0.344 e. The van der Waals surface area contributed by atoms with Gasteiger partial charge < -0.3 is 6.15 Å². The third-order valence-corrected chi connectivity index (χ3v) is 0. The van der Waals surface area contributed by atoms with Crippen LogP contribution in [0.2, 0.25) is 0 Å². The molecule has 0 saturated heterocycles. The Morgan fingerprint density at radius 3 is 0.800 bits per heavy atom. The van der Waals surface area contributed by atoms with Gasteiger partial charge in [-0.2, -0.15) is 36.9 Å². The zero-order valence-corrected chi connectivity index (χ0v) is 8.24. The van der Waals surface area contributed by atoms with E-state index in [0.29, 0.717) is 0 Å². The van der Waals surface area contributed by atoms with Crippen molar-refractivity contribution in [1.29, 1.82) is 0 Å². The first-order valence-corrected chi connectivity index (χ1v) is 0. The fourth-order valence-electron chi connectivity index (χ4n) is 0. The molecule has 0 aliphatic rings. The van der Waals surface area contributed by atoms with Gasteiger partial charge in [-0.1, -0.05) is 0 Å². The van der Waals surface area contributed by atoms with Crippen LogP contribution < -0.4 is 6.15 Å². The van der Waals surface area contributed by atoms with E-state index in [1.165, 1.54) is 0 Å². The average molecular weight is 215 g/mol. The fraction of sp³-hybridized carbons (Fsp3) is 0. The van der Waals surface area contributed by atoms with Crippen LogP contribution in [0.1, 0.15) is 0 Å². The third-order valence-electron chi connectivity index (χ3n) is 0. The minimum absolute atomic E-state index is 0. The van der Waals surface area contributed by atoms with E-state index in [-0.39, 0.29) is 64.1 Å². The van der Waals surface area contributed by atoms with Gasteiger partial charge in [-0.05, 0) is 0 Å². The predicted molar refractivity (Wildman–Crippen MR) is 36.9 cm³/mol. The molecule has 0 heterocycles. The Morgan fingerprint density at radius 1 is 0.800 bits per heavy atom. The van der Waals surface area contributed by atoms with E-state index < -0.39 is 0 Å². The van der Waals surface area contributed by atoms with Gasteiger partial charge in [0.15, 0.2) is 0 Å². The summed E-state index contributed by atoms with van der Waals surface area (Å²) in [6.45, 7) is 0. The smallest absolute Gasteiger partial charge is 0 e. The summed E-state index contributed by atoms with van der Waals surface area (Å²) >= 11 is 0. The van der Waals surface area contributed by atoms with E-state index in [4.69, 9.17) is 0 Å². The molecule has 38 valence electrons. The maximum atomic E-state index is 0. The molecule has 1 nitrogen and oxygen atoms in total. The molecule has 1 unspecified atom stereocenters. The zero-order chi connectivity index (χ0) is 0. The molecule has 0 fully saturated rings. The Hall–Kier alpha value is 1.78. The topological polar surface area (TPSA) is 35.0 Å². The van der Waals surface area contributed by atoms with Gasteiger partial charge in [0.05, 0.1) is 0 Å². The Labute approximate surface area is 64.0 Å². The van der Waals surface area contributed by atoms with E-state index in [1.54, 1.807) is 0 Å². The van der Waals surface area contributed by atoms with Crippen molar-refractivity contribution in [2.45, 2.75) is 0 Å². The monoisotopic (exact) mass is 217 g/mol. The Morgan fingerprint density at radius 2 is 0.800 bits per heavy atom. The number of hydrogen-bond acceptors (Lipinski definition) is 1. The van der Waals surface area contributed by atoms with Crippen molar-refractivity contribution in [3.05, 3.63) is 0 Å². The molecule has 0 aliphatic carbocycles. The Bertz CT molecular complexity index is 9.61. The van der Waals surface area contributed by atoms with Crippen molar-refractivity contribution in [3.63, 3.8) is 0 Å². The summed E-state index contributed by atoms with van der Waals surface area (Å²) in [6.07, 6.45) is 0. The Kier molecular flexibility index (Phi) is 597. The van der Waals surface area contributed by atoms with Gasteiger partial charge in [0, 0.05) is 21.1 Å². The molecular weight excluding hydrogens is 205 g/mol. The first kappa shape index (κ1) is 71.6. The molecule has 0 aromatic rings. The molecule has 1 atom stereocenters. The van der Waals surface area contributed by atoms with Crippen molar-refractivity contribution in [3.8, 4) is 0 Å². The summed E-state index contributed by atoms with van der Waals surface area (Å²) in [5.74, 6) is 0. The van der Waals surface area contributed by atoms with Crippen LogP contribution in [0.5, 0.6) is 0 Å². The average Bonchev–Trinajstić information content (AvgIpc) is 0. The molecule has 0 bridgehead atoms. The molecule has 0 aromatic heterocycles. The summed E-state index contributed by atoms with van der Waals surface area (Å²) < 4.78 is 0. The van der Waals surface area contributed by atoms with Gasteiger partial charge in [-0.15, -0.1) is 0 Å². The molecule has 0 rings (SSSR count). The van der Waals surface area contributed by atoms with Crippen LogP contribution in [-0.2, 0) is 21.1 Å². The fourth-order valence-corrected chi connectivity index (χ4v) is 0. The molecule has 3 N–H and O–H groups in total. The molecule has 0 aliphatic heterocycles. The third kappa shape index (κ3) is 26.1. The van der Waals surface area contributed by atoms with E-state index in [1.807, 2.05) is 0 Å². The molecule has 0 spiro atoms. The molecule has 0 amide bonds. The summed E-state index contributed by atoms with van der Waals surface area (Å²) in [7, 11) is 0. The van der Waals surface area contributed by atoms with Crippen LogP contribution >= 0.6 is 36.9 Å². The van der Waals surface area contributed by atoms with Gasteiger partial charge in [-0.3, -0.25) is 0 Å². The molecule has 5 heteroatoms. The second kappa shape index (κ2) is 41.7. The van der Waals surface area contributed by atoms with Gasteiger partial charge in [0.25, 0.3) is 0 Å². The first-order chi connectivity index (χ1) is 0. The van der Waals surface area contributed by atoms with E-state index in [0.717, 1.165) is 0 Å².